The highest BCUT2D eigenvalue weighted by atomic mass is 35.5. The Labute approximate surface area is 205 Å². The highest BCUT2D eigenvalue weighted by molar-refractivity contribution is 7.42. The average Bonchev–Trinajstić information content (AvgIpc) is 2.85. The van der Waals surface area contributed by atoms with E-state index in [1.807, 2.05) is 36.4 Å². The maximum atomic E-state index is 9.70. The number of ether oxygens (including phenoxy) is 1. The number of nitriles is 2. The molecule has 162 valence electrons. The molecule has 0 aromatic heterocycles. The van der Waals surface area contributed by atoms with Gasteiger partial charge in [-0.2, -0.15) is 10.5 Å². The molecule has 2 atom stereocenters. The van der Waals surface area contributed by atoms with Gasteiger partial charge in [-0.05, 0) is 59.3 Å². The highest BCUT2D eigenvalue weighted by Gasteiger charge is 2.20. The van der Waals surface area contributed by atoms with Crippen LogP contribution in [0.15, 0.2) is 84.2 Å². The lowest BCUT2D eigenvalue weighted by atomic mass is 9.93. The molecule has 2 unspecified atom stereocenters. The van der Waals surface area contributed by atoms with Crippen molar-refractivity contribution in [2.45, 2.75) is 12.7 Å². The van der Waals surface area contributed by atoms with Gasteiger partial charge in [-0.15, -0.1) is 0 Å². The van der Waals surface area contributed by atoms with E-state index in [9.17, 15) is 5.26 Å². The topological polar surface area (TPSA) is 56.8 Å². The zero-order valence-electron chi connectivity index (χ0n) is 17.6. The van der Waals surface area contributed by atoms with Crippen LogP contribution >= 0.6 is 31.8 Å². The van der Waals surface area contributed by atoms with Crippen LogP contribution in [0, 0.1) is 22.7 Å². The Hall–Kier alpha value is -2.91. The van der Waals surface area contributed by atoms with Crippen molar-refractivity contribution in [2.24, 2.45) is 0 Å². The van der Waals surface area contributed by atoms with Crippen LogP contribution < -0.4 is 0 Å². The second-order valence-corrected chi connectivity index (χ2v) is 9.44. The number of rotatable bonds is 6. The molecule has 3 aromatic rings. The Morgan fingerprint density at radius 3 is 2.42 bits per heavy atom. The van der Waals surface area contributed by atoms with Crippen molar-refractivity contribution in [3.63, 3.8) is 0 Å². The third-order valence-corrected chi connectivity index (χ3v) is 6.86. The molecule has 0 fully saturated rings. The van der Waals surface area contributed by atoms with Gasteiger partial charge in [0.1, 0.15) is 6.10 Å². The lowest BCUT2D eigenvalue weighted by molar-refractivity contribution is 0.0664. The van der Waals surface area contributed by atoms with E-state index in [2.05, 4.69) is 30.1 Å². The summed E-state index contributed by atoms with van der Waals surface area (Å²) in [5.74, 6) is 2.22. The summed E-state index contributed by atoms with van der Waals surface area (Å²) in [4.78, 5) is 0. The number of halogens is 2. The van der Waals surface area contributed by atoms with Crippen molar-refractivity contribution in [3.05, 3.63) is 117 Å². The average molecular weight is 489 g/mol. The quantitative estimate of drug-likeness (QED) is 0.332. The first-order chi connectivity index (χ1) is 16.1. The monoisotopic (exact) mass is 488 g/mol. The van der Waals surface area contributed by atoms with Gasteiger partial charge in [-0.3, -0.25) is 0 Å². The first-order valence-corrected chi connectivity index (χ1v) is 12.3. The van der Waals surface area contributed by atoms with Crippen molar-refractivity contribution in [1.29, 1.82) is 10.5 Å². The molecule has 0 radical (unpaired) electrons. The standard InChI is InChI=1S/C27H19Cl2N2OP/c28-23-9-10-24(26(29)13-23)25-12-20(7-8-21(25)15-31)27(22-2-1-11-33-17-22)32-16-19-5-3-18(14-30)4-6-19/h1-10,12-13,17,27,33H,11,16H2. The molecule has 6 heteroatoms. The number of nitrogens with zero attached hydrogens (tertiary/aromatic N) is 2. The summed E-state index contributed by atoms with van der Waals surface area (Å²) >= 11 is 12.5. The van der Waals surface area contributed by atoms with Gasteiger partial charge in [0.15, 0.2) is 0 Å². The van der Waals surface area contributed by atoms with E-state index in [1.54, 1.807) is 24.3 Å². The van der Waals surface area contributed by atoms with Crippen molar-refractivity contribution < 1.29 is 4.74 Å². The minimum absolute atomic E-state index is 0.303. The molecular formula is C27H19Cl2N2OP. The van der Waals surface area contributed by atoms with Crippen LogP contribution in [0.3, 0.4) is 0 Å². The van der Waals surface area contributed by atoms with Crippen LogP contribution in [0.1, 0.15) is 28.4 Å². The zero-order chi connectivity index (χ0) is 23.2. The third-order valence-electron chi connectivity index (χ3n) is 5.31. The van der Waals surface area contributed by atoms with Crippen LogP contribution in [-0.2, 0) is 11.3 Å². The van der Waals surface area contributed by atoms with Crippen molar-refractivity contribution in [1.82, 2.24) is 0 Å². The van der Waals surface area contributed by atoms with E-state index in [-0.39, 0.29) is 6.10 Å². The summed E-state index contributed by atoms with van der Waals surface area (Å²) in [5, 5.41) is 19.8. The predicted octanol–water partition coefficient (Wildman–Crippen LogP) is 7.79. The Morgan fingerprint density at radius 2 is 1.76 bits per heavy atom. The summed E-state index contributed by atoms with van der Waals surface area (Å²) in [6.07, 6.45) is 4.99. The fourth-order valence-corrected chi connectivity index (χ4v) is 5.01. The van der Waals surface area contributed by atoms with Gasteiger partial charge in [-0.1, -0.05) is 74.0 Å². The first kappa shape index (κ1) is 23.3. The van der Waals surface area contributed by atoms with Crippen molar-refractivity contribution in [2.75, 3.05) is 6.16 Å². The van der Waals surface area contributed by atoms with Crippen molar-refractivity contribution in [3.8, 4) is 23.3 Å². The Balaban J connectivity index is 1.72. The van der Waals surface area contributed by atoms with Gasteiger partial charge in [-0.25, -0.2) is 0 Å². The van der Waals surface area contributed by atoms with Crippen LogP contribution in [0.25, 0.3) is 11.1 Å². The van der Waals surface area contributed by atoms with Gasteiger partial charge in [0.25, 0.3) is 0 Å². The van der Waals surface area contributed by atoms with Crippen LogP contribution in [0.2, 0.25) is 10.0 Å². The van der Waals surface area contributed by atoms with Crippen molar-refractivity contribution >= 4 is 31.8 Å². The largest absolute Gasteiger partial charge is 0.364 e. The SMILES string of the molecule is N#Cc1ccc(COC(C2=CPCC=C2)c2ccc(C#N)c(-c3ccc(Cl)cc3Cl)c2)cc1. The summed E-state index contributed by atoms with van der Waals surface area (Å²) in [6.45, 7) is 0.391. The van der Waals surface area contributed by atoms with Gasteiger partial charge in [0, 0.05) is 21.2 Å². The summed E-state index contributed by atoms with van der Waals surface area (Å²) in [5.41, 5.74) is 5.65. The van der Waals surface area contributed by atoms with Gasteiger partial charge in [0.2, 0.25) is 0 Å². The van der Waals surface area contributed by atoms with Gasteiger partial charge < -0.3 is 4.74 Å². The summed E-state index contributed by atoms with van der Waals surface area (Å²) < 4.78 is 6.41. The normalized spacial score (nSPS) is 14.4. The highest BCUT2D eigenvalue weighted by Crippen LogP contribution is 2.38. The number of benzene rings is 3. The number of hydrogen-bond donors (Lipinski definition) is 0. The van der Waals surface area contributed by atoms with E-state index >= 15 is 0 Å². The summed E-state index contributed by atoms with van der Waals surface area (Å²) in [6, 6.07) is 22.8. The molecule has 0 saturated carbocycles. The minimum Gasteiger partial charge on any atom is -0.364 e. The molecule has 0 spiro atoms. The predicted molar refractivity (Wildman–Crippen MR) is 136 cm³/mol. The van der Waals surface area contributed by atoms with Crippen LogP contribution in [0.5, 0.6) is 0 Å². The minimum atomic E-state index is -0.303. The smallest absolute Gasteiger partial charge is 0.108 e. The van der Waals surface area contributed by atoms with E-state index in [4.69, 9.17) is 33.2 Å². The molecule has 3 nitrogen and oxygen atoms in total. The lowest BCUT2D eigenvalue weighted by Gasteiger charge is -2.23. The van der Waals surface area contributed by atoms with E-state index in [0.29, 0.717) is 36.4 Å². The third kappa shape index (κ3) is 5.54. The number of allylic oxidation sites excluding steroid dienone is 1. The number of hydrogen-bond acceptors (Lipinski definition) is 3. The second kappa shape index (κ2) is 10.8. The lowest BCUT2D eigenvalue weighted by Crippen LogP contribution is -2.08. The van der Waals surface area contributed by atoms with E-state index in [0.717, 1.165) is 34.0 Å². The second-order valence-electron chi connectivity index (χ2n) is 7.50. The fourth-order valence-electron chi connectivity index (χ4n) is 3.64. The molecule has 1 aliphatic rings. The molecule has 0 N–H and O–H groups in total. The van der Waals surface area contributed by atoms with E-state index < -0.39 is 0 Å². The van der Waals surface area contributed by atoms with Gasteiger partial charge in [0.05, 0.1) is 29.9 Å². The molecule has 33 heavy (non-hydrogen) atoms. The fraction of sp³-hybridized carbons (Fsp3) is 0.111. The Bertz CT molecular complexity index is 1320. The maximum absolute atomic E-state index is 9.70. The van der Waals surface area contributed by atoms with Crippen LogP contribution in [-0.4, -0.2) is 6.16 Å². The Kier molecular flexibility index (Phi) is 7.61. The molecule has 0 aliphatic carbocycles. The first-order valence-electron chi connectivity index (χ1n) is 10.3. The van der Waals surface area contributed by atoms with E-state index in [1.165, 1.54) is 0 Å². The molecule has 1 heterocycles. The molecule has 0 bridgehead atoms. The summed E-state index contributed by atoms with van der Waals surface area (Å²) in [7, 11) is 0.700. The molecule has 0 amide bonds. The van der Waals surface area contributed by atoms with Crippen LogP contribution in [0.4, 0.5) is 0 Å². The molecule has 3 aromatic carbocycles. The Morgan fingerprint density at radius 1 is 0.939 bits per heavy atom. The molecular weight excluding hydrogens is 470 g/mol. The molecule has 0 saturated heterocycles. The maximum Gasteiger partial charge on any atom is 0.108 e. The van der Waals surface area contributed by atoms with Gasteiger partial charge >= 0.3 is 0 Å². The zero-order valence-corrected chi connectivity index (χ0v) is 20.1. The molecule has 1 aliphatic heterocycles. The molecule has 4 rings (SSSR count).